The zero-order chi connectivity index (χ0) is 18.1. The van der Waals surface area contributed by atoms with Crippen LogP contribution in [0.3, 0.4) is 0 Å². The summed E-state index contributed by atoms with van der Waals surface area (Å²) in [6.45, 7) is 4.15. The van der Waals surface area contributed by atoms with Gasteiger partial charge in [-0.05, 0) is 30.7 Å². The molecule has 2 heterocycles. The van der Waals surface area contributed by atoms with Crippen LogP contribution in [0.4, 0.5) is 0 Å². The number of para-hydroxylation sites is 1. The molecule has 5 nitrogen and oxygen atoms in total. The Morgan fingerprint density at radius 3 is 2.15 bits per heavy atom. The summed E-state index contributed by atoms with van der Waals surface area (Å²) < 4.78 is 0. The molecule has 132 valence electrons. The number of aromatic amines is 1. The molecule has 1 N–H and O–H groups in total. The first-order chi connectivity index (χ1) is 12.6. The average molecular weight is 347 g/mol. The summed E-state index contributed by atoms with van der Waals surface area (Å²) in [5.74, 6) is 0.0324. The number of H-pyrrole nitrogens is 1. The number of carbonyl (C=O) groups excluding carboxylic acids is 2. The lowest BCUT2D eigenvalue weighted by Crippen LogP contribution is -2.50. The number of rotatable bonds is 2. The molecule has 0 atom stereocenters. The van der Waals surface area contributed by atoms with Crippen LogP contribution in [0.25, 0.3) is 10.9 Å². The maximum atomic E-state index is 12.8. The van der Waals surface area contributed by atoms with Crippen molar-refractivity contribution >= 4 is 22.7 Å². The molecule has 3 aromatic rings. The van der Waals surface area contributed by atoms with Crippen LogP contribution in [0, 0.1) is 6.92 Å². The second kappa shape index (κ2) is 6.67. The van der Waals surface area contributed by atoms with E-state index in [1.807, 2.05) is 71.3 Å². The second-order valence-corrected chi connectivity index (χ2v) is 6.67. The number of hydrogen-bond acceptors (Lipinski definition) is 2. The van der Waals surface area contributed by atoms with Crippen molar-refractivity contribution in [2.24, 2.45) is 0 Å². The molecule has 2 aromatic carbocycles. The van der Waals surface area contributed by atoms with Gasteiger partial charge in [-0.15, -0.1) is 0 Å². The number of piperazine rings is 1. The highest BCUT2D eigenvalue weighted by molar-refractivity contribution is 5.98. The van der Waals surface area contributed by atoms with E-state index >= 15 is 0 Å². The predicted molar refractivity (Wildman–Crippen MR) is 101 cm³/mol. The van der Waals surface area contributed by atoms with E-state index in [9.17, 15) is 9.59 Å². The lowest BCUT2D eigenvalue weighted by Gasteiger charge is -2.34. The van der Waals surface area contributed by atoms with Gasteiger partial charge in [0.15, 0.2) is 0 Å². The number of nitrogens with one attached hydrogen (secondary N) is 1. The molecule has 0 aliphatic carbocycles. The van der Waals surface area contributed by atoms with Crippen molar-refractivity contribution in [1.29, 1.82) is 0 Å². The Bertz CT molecular complexity index is 935. The van der Waals surface area contributed by atoms with Gasteiger partial charge in [-0.2, -0.15) is 0 Å². The standard InChI is InChI=1S/C21H21N3O2/c1-15-6-2-4-8-17(15)20(25)23-10-12-24(13-11-23)21(26)19-14-16-7-3-5-9-18(16)22-19/h2-9,14,22H,10-13H2,1H3. The molecule has 1 aliphatic rings. The number of hydrogen-bond donors (Lipinski definition) is 1. The van der Waals surface area contributed by atoms with Crippen molar-refractivity contribution in [3.63, 3.8) is 0 Å². The van der Waals surface area contributed by atoms with Gasteiger partial charge < -0.3 is 14.8 Å². The molecule has 1 saturated heterocycles. The molecule has 1 fully saturated rings. The maximum Gasteiger partial charge on any atom is 0.270 e. The SMILES string of the molecule is Cc1ccccc1C(=O)N1CCN(C(=O)c2cc3ccccc3[nH]2)CC1. The van der Waals surface area contributed by atoms with Crippen LogP contribution in [0.5, 0.6) is 0 Å². The van der Waals surface area contributed by atoms with Gasteiger partial charge >= 0.3 is 0 Å². The van der Waals surface area contributed by atoms with Crippen LogP contribution < -0.4 is 0 Å². The summed E-state index contributed by atoms with van der Waals surface area (Å²) in [6, 6.07) is 17.4. The minimum absolute atomic E-state index is 0.0100. The lowest BCUT2D eigenvalue weighted by molar-refractivity contribution is 0.0532. The van der Waals surface area contributed by atoms with Gasteiger partial charge in [0.05, 0.1) is 0 Å². The summed E-state index contributed by atoms with van der Waals surface area (Å²) in [4.78, 5) is 32.3. The van der Waals surface area contributed by atoms with E-state index in [0.29, 0.717) is 31.9 Å². The van der Waals surface area contributed by atoms with E-state index in [1.165, 1.54) is 0 Å². The number of nitrogens with zero attached hydrogens (tertiary/aromatic N) is 2. The summed E-state index contributed by atoms with van der Waals surface area (Å²) >= 11 is 0. The van der Waals surface area contributed by atoms with Crippen molar-refractivity contribution in [2.75, 3.05) is 26.2 Å². The second-order valence-electron chi connectivity index (χ2n) is 6.67. The zero-order valence-corrected chi connectivity index (χ0v) is 14.7. The fraction of sp³-hybridized carbons (Fsp3) is 0.238. The zero-order valence-electron chi connectivity index (χ0n) is 14.7. The molecule has 1 aromatic heterocycles. The van der Waals surface area contributed by atoms with Gasteiger partial charge in [0.2, 0.25) is 0 Å². The van der Waals surface area contributed by atoms with E-state index in [2.05, 4.69) is 4.98 Å². The van der Waals surface area contributed by atoms with Crippen LogP contribution in [-0.2, 0) is 0 Å². The molecule has 0 unspecified atom stereocenters. The Labute approximate surface area is 152 Å². The van der Waals surface area contributed by atoms with Crippen molar-refractivity contribution in [1.82, 2.24) is 14.8 Å². The van der Waals surface area contributed by atoms with E-state index in [4.69, 9.17) is 0 Å². The Morgan fingerprint density at radius 2 is 1.46 bits per heavy atom. The Balaban J connectivity index is 1.44. The first-order valence-corrected chi connectivity index (χ1v) is 8.85. The Hall–Kier alpha value is -3.08. The largest absolute Gasteiger partial charge is 0.351 e. The molecule has 26 heavy (non-hydrogen) atoms. The third-order valence-corrected chi connectivity index (χ3v) is 4.99. The van der Waals surface area contributed by atoms with Gasteiger partial charge in [0.1, 0.15) is 5.69 Å². The summed E-state index contributed by atoms with van der Waals surface area (Å²) in [6.07, 6.45) is 0. The number of aryl methyl sites for hydroxylation is 1. The van der Waals surface area contributed by atoms with Gasteiger partial charge in [-0.25, -0.2) is 0 Å². The lowest BCUT2D eigenvalue weighted by atomic mass is 10.1. The van der Waals surface area contributed by atoms with Gasteiger partial charge in [-0.1, -0.05) is 36.4 Å². The van der Waals surface area contributed by atoms with Crippen molar-refractivity contribution in [3.05, 3.63) is 71.4 Å². The molecule has 0 radical (unpaired) electrons. The van der Waals surface area contributed by atoms with E-state index < -0.39 is 0 Å². The minimum atomic E-state index is -0.0100. The number of amides is 2. The smallest absolute Gasteiger partial charge is 0.270 e. The summed E-state index contributed by atoms with van der Waals surface area (Å²) in [5.41, 5.74) is 3.28. The molecular formula is C21H21N3O2. The van der Waals surface area contributed by atoms with Gasteiger partial charge in [0.25, 0.3) is 11.8 Å². The molecule has 4 rings (SSSR count). The number of carbonyl (C=O) groups is 2. The highest BCUT2D eigenvalue weighted by Gasteiger charge is 2.26. The minimum Gasteiger partial charge on any atom is -0.351 e. The first-order valence-electron chi connectivity index (χ1n) is 8.85. The Kier molecular flexibility index (Phi) is 4.21. The normalized spacial score (nSPS) is 14.7. The summed E-state index contributed by atoms with van der Waals surface area (Å²) in [7, 11) is 0. The van der Waals surface area contributed by atoms with Gasteiger partial charge in [-0.3, -0.25) is 9.59 Å². The molecule has 0 saturated carbocycles. The number of fused-ring (bicyclic) bond motifs is 1. The highest BCUT2D eigenvalue weighted by Crippen LogP contribution is 2.18. The summed E-state index contributed by atoms with van der Waals surface area (Å²) in [5, 5.41) is 1.03. The van der Waals surface area contributed by atoms with Crippen molar-refractivity contribution in [3.8, 4) is 0 Å². The third kappa shape index (κ3) is 2.96. The molecule has 1 aliphatic heterocycles. The molecule has 0 bridgehead atoms. The first kappa shape index (κ1) is 16.4. The molecule has 2 amide bonds. The van der Waals surface area contributed by atoms with Crippen LogP contribution in [0.1, 0.15) is 26.4 Å². The average Bonchev–Trinajstić information content (AvgIpc) is 3.11. The molecular weight excluding hydrogens is 326 g/mol. The third-order valence-electron chi connectivity index (χ3n) is 4.99. The van der Waals surface area contributed by atoms with Crippen LogP contribution in [0.15, 0.2) is 54.6 Å². The van der Waals surface area contributed by atoms with Crippen molar-refractivity contribution in [2.45, 2.75) is 6.92 Å². The fourth-order valence-electron chi connectivity index (χ4n) is 3.45. The molecule has 5 heteroatoms. The predicted octanol–water partition coefficient (Wildman–Crippen LogP) is 3.07. The van der Waals surface area contributed by atoms with Crippen LogP contribution in [0.2, 0.25) is 0 Å². The fourth-order valence-corrected chi connectivity index (χ4v) is 3.45. The monoisotopic (exact) mass is 347 g/mol. The quantitative estimate of drug-likeness (QED) is 0.774. The van der Waals surface area contributed by atoms with Crippen molar-refractivity contribution < 1.29 is 9.59 Å². The van der Waals surface area contributed by atoms with Crippen LogP contribution >= 0.6 is 0 Å². The number of benzene rings is 2. The van der Waals surface area contributed by atoms with Gasteiger partial charge in [0, 0.05) is 42.6 Å². The highest BCUT2D eigenvalue weighted by atomic mass is 16.2. The molecule has 0 spiro atoms. The van der Waals surface area contributed by atoms with E-state index in [-0.39, 0.29) is 11.8 Å². The van der Waals surface area contributed by atoms with E-state index in [1.54, 1.807) is 0 Å². The van der Waals surface area contributed by atoms with E-state index in [0.717, 1.165) is 22.0 Å². The van der Waals surface area contributed by atoms with Crippen LogP contribution in [-0.4, -0.2) is 52.8 Å². The Morgan fingerprint density at radius 1 is 0.846 bits per heavy atom. The topological polar surface area (TPSA) is 56.4 Å². The maximum absolute atomic E-state index is 12.8. The number of aromatic nitrogens is 1.